The predicted molar refractivity (Wildman–Crippen MR) is 38.6 cm³/mol. The third-order valence-electron chi connectivity index (χ3n) is 1.47. The lowest BCUT2D eigenvalue weighted by atomic mass is 10.0. The first-order valence-corrected chi connectivity index (χ1v) is 3.07. The van der Waals surface area contributed by atoms with Crippen molar-refractivity contribution in [3.8, 4) is 6.07 Å². The zero-order chi connectivity index (χ0) is 7.56. The average molecular weight is 135 g/mol. The van der Waals surface area contributed by atoms with E-state index in [4.69, 9.17) is 16.7 Å². The molecule has 10 heavy (non-hydrogen) atoms. The molecule has 0 aromatic carbocycles. The Morgan fingerprint density at radius 2 is 2.40 bits per heavy atom. The number of rotatable bonds is 0. The monoisotopic (exact) mass is 135 g/mol. The van der Waals surface area contributed by atoms with E-state index in [1.807, 2.05) is 6.07 Å². The molecule has 0 aromatic rings. The minimum Gasteiger partial charge on any atom is -0.401 e. The molecule has 1 unspecified atom stereocenters. The van der Waals surface area contributed by atoms with Gasteiger partial charge in [0.2, 0.25) is 0 Å². The molecule has 1 atom stereocenters. The first-order chi connectivity index (χ1) is 4.74. The van der Waals surface area contributed by atoms with Crippen molar-refractivity contribution in [2.45, 2.75) is 12.5 Å². The number of allylic oxidation sites excluding steroid dienone is 2. The molecule has 1 aliphatic rings. The SMILES string of the molecule is N#CC1=CCC(N)C(N)=C1. The second-order valence-electron chi connectivity index (χ2n) is 2.26. The van der Waals surface area contributed by atoms with Gasteiger partial charge in [0.05, 0.1) is 6.07 Å². The second kappa shape index (κ2) is 2.54. The van der Waals surface area contributed by atoms with Crippen LogP contribution in [0.2, 0.25) is 0 Å². The molecule has 0 heterocycles. The highest BCUT2D eigenvalue weighted by atomic mass is 14.7. The van der Waals surface area contributed by atoms with Crippen LogP contribution >= 0.6 is 0 Å². The van der Waals surface area contributed by atoms with Crippen molar-refractivity contribution in [3.05, 3.63) is 23.4 Å². The van der Waals surface area contributed by atoms with Gasteiger partial charge < -0.3 is 11.5 Å². The van der Waals surface area contributed by atoms with Gasteiger partial charge in [-0.3, -0.25) is 0 Å². The predicted octanol–water partition coefficient (Wildman–Crippen LogP) is 0.00998. The van der Waals surface area contributed by atoms with Crippen LogP contribution in [-0.4, -0.2) is 6.04 Å². The van der Waals surface area contributed by atoms with Gasteiger partial charge in [-0.25, -0.2) is 0 Å². The summed E-state index contributed by atoms with van der Waals surface area (Å²) in [7, 11) is 0. The summed E-state index contributed by atoms with van der Waals surface area (Å²) >= 11 is 0. The third kappa shape index (κ3) is 1.17. The van der Waals surface area contributed by atoms with Crippen molar-refractivity contribution in [1.82, 2.24) is 0 Å². The Kier molecular flexibility index (Phi) is 1.74. The van der Waals surface area contributed by atoms with Crippen molar-refractivity contribution in [2.75, 3.05) is 0 Å². The Morgan fingerprint density at radius 1 is 1.70 bits per heavy atom. The van der Waals surface area contributed by atoms with Gasteiger partial charge in [0.25, 0.3) is 0 Å². The lowest BCUT2D eigenvalue weighted by Gasteiger charge is -2.13. The van der Waals surface area contributed by atoms with Gasteiger partial charge in [-0.1, -0.05) is 6.08 Å². The first-order valence-electron chi connectivity index (χ1n) is 3.07. The zero-order valence-corrected chi connectivity index (χ0v) is 5.54. The first kappa shape index (κ1) is 6.84. The van der Waals surface area contributed by atoms with E-state index in [0.29, 0.717) is 17.7 Å². The number of hydrogen-bond donors (Lipinski definition) is 2. The molecule has 0 aliphatic heterocycles. The van der Waals surface area contributed by atoms with Gasteiger partial charge >= 0.3 is 0 Å². The highest BCUT2D eigenvalue weighted by Gasteiger charge is 2.09. The minimum atomic E-state index is -0.0999. The second-order valence-corrected chi connectivity index (χ2v) is 2.26. The van der Waals surface area contributed by atoms with E-state index < -0.39 is 0 Å². The summed E-state index contributed by atoms with van der Waals surface area (Å²) in [6.07, 6.45) is 4.08. The molecule has 0 radical (unpaired) electrons. The van der Waals surface area contributed by atoms with Crippen LogP contribution in [0.3, 0.4) is 0 Å². The molecule has 0 amide bonds. The van der Waals surface area contributed by atoms with Crippen molar-refractivity contribution in [1.29, 1.82) is 5.26 Å². The maximum absolute atomic E-state index is 8.44. The molecule has 1 aliphatic carbocycles. The van der Waals surface area contributed by atoms with E-state index in [-0.39, 0.29) is 6.04 Å². The summed E-state index contributed by atoms with van der Waals surface area (Å²) in [5.74, 6) is 0. The van der Waals surface area contributed by atoms with E-state index in [9.17, 15) is 0 Å². The van der Waals surface area contributed by atoms with Gasteiger partial charge in [0.15, 0.2) is 0 Å². The van der Waals surface area contributed by atoms with Crippen molar-refractivity contribution in [2.24, 2.45) is 11.5 Å². The van der Waals surface area contributed by atoms with E-state index in [2.05, 4.69) is 0 Å². The maximum atomic E-state index is 8.44. The van der Waals surface area contributed by atoms with Crippen LogP contribution in [0.15, 0.2) is 23.4 Å². The number of nitriles is 1. The Hall–Kier alpha value is -1.27. The standard InChI is InChI=1S/C7H9N3/c8-4-5-1-2-6(9)7(10)3-5/h1,3,6H,2,9-10H2. The van der Waals surface area contributed by atoms with Crippen LogP contribution in [0, 0.1) is 11.3 Å². The fourth-order valence-corrected chi connectivity index (χ4v) is 0.813. The minimum absolute atomic E-state index is 0.0999. The van der Waals surface area contributed by atoms with E-state index in [0.717, 1.165) is 0 Å². The molecule has 0 saturated heterocycles. The van der Waals surface area contributed by atoms with Crippen molar-refractivity contribution >= 4 is 0 Å². The van der Waals surface area contributed by atoms with E-state index >= 15 is 0 Å². The lowest BCUT2D eigenvalue weighted by molar-refractivity contribution is 0.760. The normalized spacial score (nSPS) is 24.6. The Labute approximate surface area is 59.6 Å². The van der Waals surface area contributed by atoms with Crippen LogP contribution < -0.4 is 11.5 Å². The topological polar surface area (TPSA) is 75.8 Å². The molecular weight excluding hydrogens is 126 g/mol. The molecule has 4 N–H and O–H groups in total. The van der Waals surface area contributed by atoms with Crippen LogP contribution in [0.1, 0.15) is 6.42 Å². The smallest absolute Gasteiger partial charge is 0.0988 e. The van der Waals surface area contributed by atoms with Crippen molar-refractivity contribution < 1.29 is 0 Å². The van der Waals surface area contributed by atoms with Crippen LogP contribution in [0.5, 0.6) is 0 Å². The molecule has 3 heteroatoms. The Balaban J connectivity index is 2.82. The largest absolute Gasteiger partial charge is 0.401 e. The highest BCUT2D eigenvalue weighted by Crippen LogP contribution is 2.11. The summed E-state index contributed by atoms with van der Waals surface area (Å²) in [4.78, 5) is 0. The molecule has 0 spiro atoms. The number of nitrogens with zero attached hydrogens (tertiary/aromatic N) is 1. The summed E-state index contributed by atoms with van der Waals surface area (Å²) < 4.78 is 0. The molecule has 52 valence electrons. The third-order valence-corrected chi connectivity index (χ3v) is 1.47. The van der Waals surface area contributed by atoms with E-state index in [1.165, 1.54) is 0 Å². The van der Waals surface area contributed by atoms with Gasteiger partial charge in [-0.15, -0.1) is 0 Å². The maximum Gasteiger partial charge on any atom is 0.0988 e. The Bertz CT molecular complexity index is 232. The molecule has 0 aromatic heterocycles. The fraction of sp³-hybridized carbons (Fsp3) is 0.286. The number of hydrogen-bond acceptors (Lipinski definition) is 3. The molecule has 1 rings (SSSR count). The Morgan fingerprint density at radius 3 is 2.90 bits per heavy atom. The number of nitrogens with two attached hydrogens (primary N) is 2. The summed E-state index contributed by atoms with van der Waals surface area (Å²) in [6, 6.07) is 1.90. The quantitative estimate of drug-likeness (QED) is 0.491. The zero-order valence-electron chi connectivity index (χ0n) is 5.54. The van der Waals surface area contributed by atoms with Gasteiger partial charge in [0.1, 0.15) is 0 Å². The fourth-order valence-electron chi connectivity index (χ4n) is 0.813. The summed E-state index contributed by atoms with van der Waals surface area (Å²) in [5.41, 5.74) is 12.2. The van der Waals surface area contributed by atoms with Gasteiger partial charge in [-0.05, 0) is 12.5 Å². The summed E-state index contributed by atoms with van der Waals surface area (Å²) in [6.45, 7) is 0. The van der Waals surface area contributed by atoms with Gasteiger partial charge in [0, 0.05) is 17.3 Å². The van der Waals surface area contributed by atoms with Crippen molar-refractivity contribution in [3.63, 3.8) is 0 Å². The molecular formula is C7H9N3. The van der Waals surface area contributed by atoms with Crippen LogP contribution in [0.4, 0.5) is 0 Å². The molecule has 3 nitrogen and oxygen atoms in total. The lowest BCUT2D eigenvalue weighted by Crippen LogP contribution is -2.28. The van der Waals surface area contributed by atoms with E-state index in [1.54, 1.807) is 12.2 Å². The average Bonchev–Trinajstić information content (AvgIpc) is 1.95. The molecule has 0 fully saturated rings. The highest BCUT2D eigenvalue weighted by molar-refractivity contribution is 5.39. The summed E-state index contributed by atoms with van der Waals surface area (Å²) in [5, 5.41) is 8.44. The van der Waals surface area contributed by atoms with Crippen LogP contribution in [-0.2, 0) is 0 Å². The van der Waals surface area contributed by atoms with Crippen LogP contribution in [0.25, 0.3) is 0 Å². The molecule has 0 bridgehead atoms. The van der Waals surface area contributed by atoms with Gasteiger partial charge in [-0.2, -0.15) is 5.26 Å². The molecule has 0 saturated carbocycles.